The number of Topliss-reactive ketones (excluding diaryl/α,β-unsaturated/α-hetero) is 2. The number of hydrogen-bond donors (Lipinski definition) is 0. The first-order valence-electron chi connectivity index (χ1n) is 8.95. The van der Waals surface area contributed by atoms with Crippen LogP contribution in [0.5, 0.6) is 11.5 Å². The van der Waals surface area contributed by atoms with E-state index in [4.69, 9.17) is 4.74 Å². The minimum absolute atomic E-state index is 0.0250. The number of aryl methyl sites for hydroxylation is 1. The van der Waals surface area contributed by atoms with Gasteiger partial charge in [-0.15, -0.1) is 0 Å². The van der Waals surface area contributed by atoms with E-state index in [9.17, 15) is 14.0 Å². The van der Waals surface area contributed by atoms with E-state index in [1.165, 1.54) is 12.1 Å². The van der Waals surface area contributed by atoms with Gasteiger partial charge in [-0.1, -0.05) is 26.8 Å². The molecule has 0 amide bonds. The summed E-state index contributed by atoms with van der Waals surface area (Å²) in [5.41, 5.74) is 1.20. The number of ketones is 2. The Kier molecular flexibility index (Phi) is 4.94. The minimum atomic E-state index is -0.731. The maximum absolute atomic E-state index is 13.1. The highest BCUT2D eigenvalue weighted by molar-refractivity contribution is 6.11. The molecule has 0 aromatic heterocycles. The van der Waals surface area contributed by atoms with Gasteiger partial charge in [0.2, 0.25) is 0 Å². The third-order valence-corrected chi connectivity index (χ3v) is 5.11. The van der Waals surface area contributed by atoms with Gasteiger partial charge in [-0.05, 0) is 60.4 Å². The Balaban J connectivity index is 1.98. The van der Waals surface area contributed by atoms with Crippen molar-refractivity contribution in [2.45, 2.75) is 46.0 Å². The molecule has 1 fully saturated rings. The summed E-state index contributed by atoms with van der Waals surface area (Å²) >= 11 is 0. The molecule has 1 aliphatic rings. The van der Waals surface area contributed by atoms with E-state index in [1.807, 2.05) is 32.9 Å². The Morgan fingerprint density at radius 3 is 2.38 bits per heavy atom. The number of rotatable bonds is 4. The molecule has 0 radical (unpaired) electrons. The van der Waals surface area contributed by atoms with Gasteiger partial charge in [0.05, 0.1) is 0 Å². The zero-order chi connectivity index (χ0) is 18.9. The topological polar surface area (TPSA) is 43.4 Å². The smallest absolute Gasteiger partial charge is 0.153 e. The second kappa shape index (κ2) is 7.02. The summed E-state index contributed by atoms with van der Waals surface area (Å²) in [7, 11) is 0. The Labute approximate surface area is 153 Å². The van der Waals surface area contributed by atoms with Crippen LogP contribution in [0.25, 0.3) is 0 Å². The monoisotopic (exact) mass is 354 g/mol. The maximum atomic E-state index is 13.1. The molecule has 26 heavy (non-hydrogen) atoms. The molecule has 2 aromatic carbocycles. The van der Waals surface area contributed by atoms with E-state index in [0.29, 0.717) is 24.3 Å². The summed E-state index contributed by atoms with van der Waals surface area (Å²) in [6, 6.07) is 11.2. The summed E-state index contributed by atoms with van der Waals surface area (Å²) < 4.78 is 18.9. The normalized spacial score (nSPS) is 19.5. The van der Waals surface area contributed by atoms with Crippen LogP contribution in [0.1, 0.15) is 50.7 Å². The van der Waals surface area contributed by atoms with E-state index in [-0.39, 0.29) is 17.4 Å². The Hall–Kier alpha value is -2.49. The van der Waals surface area contributed by atoms with Crippen LogP contribution in [0, 0.1) is 11.2 Å². The van der Waals surface area contributed by atoms with E-state index in [0.717, 1.165) is 17.5 Å². The number of hydrogen-bond acceptors (Lipinski definition) is 3. The SMILES string of the molecule is CCc1ccc(Oc2ccc(F)cc2)cc1C1C(=O)CCC(C)(C)C1=O. The van der Waals surface area contributed by atoms with Gasteiger partial charge in [0.1, 0.15) is 29.0 Å². The molecule has 0 saturated heterocycles. The molecule has 1 aliphatic carbocycles. The lowest BCUT2D eigenvalue weighted by Crippen LogP contribution is -2.39. The lowest BCUT2D eigenvalue weighted by atomic mass is 9.67. The number of halogens is 1. The molecule has 3 rings (SSSR count). The zero-order valence-corrected chi connectivity index (χ0v) is 15.3. The molecular formula is C22H23FO3. The van der Waals surface area contributed by atoms with Crippen molar-refractivity contribution >= 4 is 11.6 Å². The van der Waals surface area contributed by atoms with Gasteiger partial charge in [0.25, 0.3) is 0 Å². The molecule has 0 bridgehead atoms. The van der Waals surface area contributed by atoms with Crippen molar-refractivity contribution in [1.29, 1.82) is 0 Å². The van der Waals surface area contributed by atoms with Crippen molar-refractivity contribution in [3.8, 4) is 11.5 Å². The standard InChI is InChI=1S/C22H23FO3/c1-4-14-5-8-17(26-16-9-6-15(23)7-10-16)13-18(14)20-19(24)11-12-22(2,3)21(20)25/h5-10,13,20H,4,11-12H2,1-3H3. The molecule has 0 N–H and O–H groups in total. The Morgan fingerprint density at radius 1 is 1.08 bits per heavy atom. The van der Waals surface area contributed by atoms with Crippen molar-refractivity contribution < 1.29 is 18.7 Å². The third kappa shape index (κ3) is 3.55. The molecule has 1 unspecified atom stereocenters. The van der Waals surface area contributed by atoms with Crippen LogP contribution in [-0.2, 0) is 16.0 Å². The van der Waals surface area contributed by atoms with Crippen molar-refractivity contribution in [3.63, 3.8) is 0 Å². The minimum Gasteiger partial charge on any atom is -0.457 e. The maximum Gasteiger partial charge on any atom is 0.153 e. The lowest BCUT2D eigenvalue weighted by molar-refractivity contribution is -0.139. The Bertz CT molecular complexity index is 837. The second-order valence-electron chi connectivity index (χ2n) is 7.42. The van der Waals surface area contributed by atoms with Crippen LogP contribution >= 0.6 is 0 Å². The Morgan fingerprint density at radius 2 is 1.73 bits per heavy atom. The molecule has 136 valence electrons. The zero-order valence-electron chi connectivity index (χ0n) is 15.3. The fourth-order valence-electron chi connectivity index (χ4n) is 3.42. The van der Waals surface area contributed by atoms with Gasteiger partial charge in [-0.2, -0.15) is 0 Å². The largest absolute Gasteiger partial charge is 0.457 e. The molecule has 3 nitrogen and oxygen atoms in total. The van der Waals surface area contributed by atoms with Crippen molar-refractivity contribution in [1.82, 2.24) is 0 Å². The molecule has 4 heteroatoms. The summed E-state index contributed by atoms with van der Waals surface area (Å²) in [6.45, 7) is 5.81. The van der Waals surface area contributed by atoms with E-state index < -0.39 is 11.3 Å². The number of benzene rings is 2. The van der Waals surface area contributed by atoms with Crippen LogP contribution in [0.15, 0.2) is 42.5 Å². The first-order chi connectivity index (χ1) is 12.3. The van der Waals surface area contributed by atoms with E-state index in [2.05, 4.69) is 0 Å². The van der Waals surface area contributed by atoms with Gasteiger partial charge in [-0.25, -0.2) is 4.39 Å². The average Bonchev–Trinajstić information content (AvgIpc) is 2.61. The first-order valence-corrected chi connectivity index (χ1v) is 8.95. The van der Waals surface area contributed by atoms with Gasteiger partial charge >= 0.3 is 0 Å². The van der Waals surface area contributed by atoms with E-state index in [1.54, 1.807) is 18.2 Å². The molecule has 1 saturated carbocycles. The van der Waals surface area contributed by atoms with Crippen LogP contribution in [-0.4, -0.2) is 11.6 Å². The second-order valence-corrected chi connectivity index (χ2v) is 7.42. The van der Waals surface area contributed by atoms with Gasteiger partial charge in [0.15, 0.2) is 5.78 Å². The van der Waals surface area contributed by atoms with Crippen molar-refractivity contribution in [2.75, 3.05) is 0 Å². The van der Waals surface area contributed by atoms with Crippen molar-refractivity contribution in [2.24, 2.45) is 5.41 Å². The molecule has 0 aliphatic heterocycles. The molecule has 0 spiro atoms. The summed E-state index contributed by atoms with van der Waals surface area (Å²) in [6.07, 6.45) is 1.73. The third-order valence-electron chi connectivity index (χ3n) is 5.11. The molecular weight excluding hydrogens is 331 g/mol. The highest BCUT2D eigenvalue weighted by Crippen LogP contribution is 2.40. The predicted octanol–water partition coefficient (Wildman–Crippen LogP) is 5.22. The molecule has 1 atom stereocenters. The van der Waals surface area contributed by atoms with Gasteiger partial charge in [0, 0.05) is 11.8 Å². The van der Waals surface area contributed by atoms with Crippen molar-refractivity contribution in [3.05, 3.63) is 59.4 Å². The van der Waals surface area contributed by atoms with Crippen LogP contribution in [0.4, 0.5) is 4.39 Å². The summed E-state index contributed by atoms with van der Waals surface area (Å²) in [4.78, 5) is 25.5. The average molecular weight is 354 g/mol. The highest BCUT2D eigenvalue weighted by Gasteiger charge is 2.43. The molecule has 0 heterocycles. The fourth-order valence-corrected chi connectivity index (χ4v) is 3.42. The van der Waals surface area contributed by atoms with Gasteiger partial charge in [-0.3, -0.25) is 9.59 Å². The fraction of sp³-hybridized carbons (Fsp3) is 0.364. The van der Waals surface area contributed by atoms with Gasteiger partial charge < -0.3 is 4.74 Å². The lowest BCUT2D eigenvalue weighted by Gasteiger charge is -2.33. The predicted molar refractivity (Wildman–Crippen MR) is 98.1 cm³/mol. The molecule has 2 aromatic rings. The van der Waals surface area contributed by atoms with E-state index >= 15 is 0 Å². The highest BCUT2D eigenvalue weighted by atomic mass is 19.1. The van der Waals surface area contributed by atoms with Crippen LogP contribution < -0.4 is 4.74 Å². The number of ether oxygens (including phenoxy) is 1. The quantitative estimate of drug-likeness (QED) is 0.707. The van der Waals surface area contributed by atoms with Crippen LogP contribution in [0.2, 0.25) is 0 Å². The van der Waals surface area contributed by atoms with Crippen LogP contribution in [0.3, 0.4) is 0 Å². The first kappa shape index (κ1) is 18.3. The summed E-state index contributed by atoms with van der Waals surface area (Å²) in [5, 5.41) is 0. The summed E-state index contributed by atoms with van der Waals surface area (Å²) in [5.74, 6) is -0.0770. The number of carbonyl (C=O) groups excluding carboxylic acids is 2. The number of carbonyl (C=O) groups is 2.